The van der Waals surface area contributed by atoms with E-state index in [0.29, 0.717) is 17.8 Å². The minimum atomic E-state index is -0.377. The van der Waals surface area contributed by atoms with Gasteiger partial charge in [0.2, 0.25) is 0 Å². The largest absolute Gasteiger partial charge is 0.391 e. The summed E-state index contributed by atoms with van der Waals surface area (Å²) in [5, 5.41) is 11.6. The number of carbonyl (C=O) groups is 1. The summed E-state index contributed by atoms with van der Waals surface area (Å²) >= 11 is 1.53. The Balaban J connectivity index is 1.49. The molecule has 2 aliphatic rings. The fourth-order valence-electron chi connectivity index (χ4n) is 4.37. The third-order valence-corrected chi connectivity index (χ3v) is 7.25. The number of thiazole rings is 1. The van der Waals surface area contributed by atoms with Crippen LogP contribution in [0.25, 0.3) is 0 Å². The number of aromatic nitrogens is 3. The van der Waals surface area contributed by atoms with Gasteiger partial charge in [-0.05, 0) is 31.6 Å². The SMILES string of the molecule is Cc1nc(C(C)C)sc1C(=O)N1C[C@H]2C[C@@H](n3ccnc3)[C@H](O)C[C@H]2C1. The Morgan fingerprint density at radius 3 is 2.65 bits per heavy atom. The Morgan fingerprint density at radius 2 is 2.04 bits per heavy atom. The van der Waals surface area contributed by atoms with Crippen LogP contribution in [0.15, 0.2) is 18.7 Å². The smallest absolute Gasteiger partial charge is 0.265 e. The molecule has 6 nitrogen and oxygen atoms in total. The lowest BCUT2D eigenvalue weighted by Crippen LogP contribution is -2.35. The molecule has 0 spiro atoms. The molecule has 2 fully saturated rings. The van der Waals surface area contributed by atoms with Crippen LogP contribution in [0, 0.1) is 18.8 Å². The predicted octanol–water partition coefficient (Wildman–Crippen LogP) is 2.86. The van der Waals surface area contributed by atoms with Gasteiger partial charge in [0.05, 0.1) is 29.2 Å². The molecule has 0 unspecified atom stereocenters. The number of nitrogens with zero attached hydrogens (tertiary/aromatic N) is 4. The van der Waals surface area contributed by atoms with Crippen molar-refractivity contribution in [3.8, 4) is 0 Å². The number of aliphatic hydroxyl groups excluding tert-OH is 1. The van der Waals surface area contributed by atoms with E-state index in [9.17, 15) is 9.90 Å². The molecule has 1 saturated heterocycles. The summed E-state index contributed by atoms with van der Waals surface area (Å²) in [6.07, 6.45) is 6.71. The summed E-state index contributed by atoms with van der Waals surface area (Å²) in [5.41, 5.74) is 0.842. The lowest BCUT2D eigenvalue weighted by atomic mass is 9.77. The first kappa shape index (κ1) is 17.7. The molecule has 0 bridgehead atoms. The highest BCUT2D eigenvalue weighted by Gasteiger charge is 2.44. The van der Waals surface area contributed by atoms with E-state index in [2.05, 4.69) is 23.8 Å². The van der Waals surface area contributed by atoms with E-state index in [-0.39, 0.29) is 18.1 Å². The summed E-state index contributed by atoms with van der Waals surface area (Å²) in [5.74, 6) is 1.27. The highest BCUT2D eigenvalue weighted by molar-refractivity contribution is 7.13. The number of imidazole rings is 1. The molecule has 0 aromatic carbocycles. The van der Waals surface area contributed by atoms with Gasteiger partial charge in [-0.25, -0.2) is 9.97 Å². The van der Waals surface area contributed by atoms with E-state index in [4.69, 9.17) is 0 Å². The molecule has 1 aliphatic heterocycles. The Hall–Kier alpha value is -1.73. The van der Waals surface area contributed by atoms with Crippen LogP contribution >= 0.6 is 11.3 Å². The van der Waals surface area contributed by atoms with Crippen molar-refractivity contribution in [2.45, 2.75) is 51.7 Å². The molecule has 1 amide bonds. The van der Waals surface area contributed by atoms with Crippen LogP contribution in [0.1, 0.15) is 59.0 Å². The first-order valence-electron chi connectivity index (χ1n) is 9.36. The fraction of sp³-hybridized carbons (Fsp3) is 0.632. The van der Waals surface area contributed by atoms with Crippen molar-refractivity contribution in [2.75, 3.05) is 13.1 Å². The maximum Gasteiger partial charge on any atom is 0.265 e. The number of hydrogen-bond donors (Lipinski definition) is 1. The molecule has 1 saturated carbocycles. The van der Waals surface area contributed by atoms with E-state index < -0.39 is 0 Å². The van der Waals surface area contributed by atoms with Crippen LogP contribution in [0.2, 0.25) is 0 Å². The van der Waals surface area contributed by atoms with Crippen molar-refractivity contribution in [2.24, 2.45) is 11.8 Å². The van der Waals surface area contributed by atoms with Crippen molar-refractivity contribution >= 4 is 17.2 Å². The van der Waals surface area contributed by atoms with Crippen LogP contribution in [0.3, 0.4) is 0 Å². The highest BCUT2D eigenvalue weighted by atomic mass is 32.1. The number of hydrogen-bond acceptors (Lipinski definition) is 5. The minimum Gasteiger partial charge on any atom is -0.391 e. The summed E-state index contributed by atoms with van der Waals surface area (Å²) < 4.78 is 2.01. The minimum absolute atomic E-state index is 0.0616. The quantitative estimate of drug-likeness (QED) is 0.897. The number of carbonyl (C=O) groups excluding carboxylic acids is 1. The molecule has 1 N–H and O–H groups in total. The monoisotopic (exact) mass is 374 g/mol. The van der Waals surface area contributed by atoms with Gasteiger partial charge in [-0.3, -0.25) is 4.79 Å². The number of amides is 1. The molecule has 7 heteroatoms. The van der Waals surface area contributed by atoms with E-state index >= 15 is 0 Å². The molecular weight excluding hydrogens is 348 g/mol. The molecule has 1 aliphatic carbocycles. The predicted molar refractivity (Wildman–Crippen MR) is 100 cm³/mol. The molecule has 2 aromatic heterocycles. The van der Waals surface area contributed by atoms with E-state index in [1.54, 1.807) is 12.5 Å². The zero-order valence-corrected chi connectivity index (χ0v) is 16.3. The average Bonchev–Trinajstić information content (AvgIpc) is 3.32. The number of fused-ring (bicyclic) bond motifs is 1. The van der Waals surface area contributed by atoms with Gasteiger partial charge in [0.25, 0.3) is 5.91 Å². The molecular formula is C19H26N4O2S. The summed E-state index contributed by atoms with van der Waals surface area (Å²) in [6, 6.07) is 0.0616. The van der Waals surface area contributed by atoms with Crippen LogP contribution in [0.4, 0.5) is 0 Å². The van der Waals surface area contributed by atoms with Gasteiger partial charge in [0, 0.05) is 31.4 Å². The second-order valence-corrected chi connectivity index (χ2v) is 9.00. The number of rotatable bonds is 3. The molecule has 2 aromatic rings. The van der Waals surface area contributed by atoms with Gasteiger partial charge in [-0.15, -0.1) is 11.3 Å². The van der Waals surface area contributed by atoms with Crippen LogP contribution in [-0.2, 0) is 0 Å². The van der Waals surface area contributed by atoms with Gasteiger partial charge in [-0.1, -0.05) is 13.8 Å². The van der Waals surface area contributed by atoms with Gasteiger partial charge in [0.15, 0.2) is 0 Å². The topological polar surface area (TPSA) is 71.2 Å². The summed E-state index contributed by atoms with van der Waals surface area (Å²) in [6.45, 7) is 7.65. The first-order valence-corrected chi connectivity index (χ1v) is 10.2. The third-order valence-electron chi connectivity index (χ3n) is 5.81. The standard InChI is InChI=1S/C19H26N4O2S/c1-11(2)18-21-12(3)17(26-18)19(25)23-8-13-6-15(22-5-4-20-10-22)16(24)7-14(13)9-23/h4-5,10-11,13-16,24H,6-9H2,1-3H3/t13-,14+,15-,16-/m1/s1. The number of likely N-dealkylation sites (tertiary alicyclic amines) is 1. The zero-order valence-electron chi connectivity index (χ0n) is 15.5. The third kappa shape index (κ3) is 3.07. The zero-order chi connectivity index (χ0) is 18.4. The van der Waals surface area contributed by atoms with Crippen molar-refractivity contribution < 1.29 is 9.90 Å². The van der Waals surface area contributed by atoms with Crippen LogP contribution in [-0.4, -0.2) is 49.6 Å². The van der Waals surface area contributed by atoms with Crippen molar-refractivity contribution in [3.63, 3.8) is 0 Å². The van der Waals surface area contributed by atoms with Crippen molar-refractivity contribution in [1.82, 2.24) is 19.4 Å². The van der Waals surface area contributed by atoms with Crippen molar-refractivity contribution in [1.29, 1.82) is 0 Å². The Labute approximate surface area is 157 Å². The van der Waals surface area contributed by atoms with E-state index in [0.717, 1.165) is 41.5 Å². The summed E-state index contributed by atoms with van der Waals surface area (Å²) in [7, 11) is 0. The van der Waals surface area contributed by atoms with Crippen molar-refractivity contribution in [3.05, 3.63) is 34.3 Å². The van der Waals surface area contributed by atoms with Crippen LogP contribution < -0.4 is 0 Å². The molecule has 4 rings (SSSR count). The Morgan fingerprint density at radius 1 is 1.31 bits per heavy atom. The number of aliphatic hydroxyl groups is 1. The Bertz CT molecular complexity index is 786. The van der Waals surface area contributed by atoms with E-state index in [1.165, 1.54) is 11.3 Å². The maximum absolute atomic E-state index is 13.1. The molecule has 0 radical (unpaired) electrons. The lowest BCUT2D eigenvalue weighted by Gasteiger charge is -2.35. The highest BCUT2D eigenvalue weighted by Crippen LogP contribution is 2.42. The molecule has 4 atom stereocenters. The average molecular weight is 375 g/mol. The second kappa shape index (κ2) is 6.78. The molecule has 3 heterocycles. The van der Waals surface area contributed by atoms with Crippen LogP contribution in [0.5, 0.6) is 0 Å². The fourth-order valence-corrected chi connectivity index (χ4v) is 5.40. The Kier molecular flexibility index (Phi) is 4.61. The second-order valence-electron chi connectivity index (χ2n) is 7.97. The number of aryl methyl sites for hydroxylation is 1. The lowest BCUT2D eigenvalue weighted by molar-refractivity contribution is 0.0357. The maximum atomic E-state index is 13.1. The van der Waals surface area contributed by atoms with Gasteiger partial charge < -0.3 is 14.6 Å². The van der Waals surface area contributed by atoms with Gasteiger partial charge in [-0.2, -0.15) is 0 Å². The molecule has 26 heavy (non-hydrogen) atoms. The van der Waals surface area contributed by atoms with E-state index in [1.807, 2.05) is 22.6 Å². The first-order chi connectivity index (χ1) is 12.4. The van der Waals surface area contributed by atoms with Gasteiger partial charge in [0.1, 0.15) is 4.88 Å². The summed E-state index contributed by atoms with van der Waals surface area (Å²) in [4.78, 5) is 24.5. The molecule has 140 valence electrons. The van der Waals surface area contributed by atoms with Gasteiger partial charge >= 0.3 is 0 Å². The normalized spacial score (nSPS) is 28.6.